The summed E-state index contributed by atoms with van der Waals surface area (Å²) in [6.45, 7) is 13.3. The van der Waals surface area contributed by atoms with Gasteiger partial charge in [-0.1, -0.05) is 187 Å². The van der Waals surface area contributed by atoms with Gasteiger partial charge in [0, 0.05) is 0 Å². The van der Waals surface area contributed by atoms with E-state index in [1.54, 1.807) is 0 Å². The minimum atomic E-state index is 1.21. The summed E-state index contributed by atoms with van der Waals surface area (Å²) in [7, 11) is 0. The molecule has 0 unspecified atom stereocenters. The van der Waals surface area contributed by atoms with E-state index in [2.05, 4.69) is 40.0 Å². The molecule has 0 rings (SSSR count). The first kappa shape index (κ1) is 40.7. The zero-order valence-corrected chi connectivity index (χ0v) is 29.6. The number of rotatable bonds is 35. The number of quaternary nitrogens is 1. The Morgan fingerprint density at radius 3 is 0.878 bits per heavy atom. The molecule has 246 valence electrons. The molecule has 0 fully saturated rings. The largest absolute Gasteiger partial charge is 0.298 e. The van der Waals surface area contributed by atoms with Crippen LogP contribution in [-0.4, -0.2) is 24.1 Å². The van der Waals surface area contributed by atoms with Gasteiger partial charge < -0.3 is 0 Å². The molecule has 0 radical (unpaired) electrons. The van der Waals surface area contributed by atoms with Gasteiger partial charge in [0.15, 0.2) is 0 Å². The minimum absolute atomic E-state index is 1.21. The fraction of sp³-hybridized carbons (Fsp3) is 0.950. The van der Waals surface area contributed by atoms with Crippen LogP contribution in [0.5, 0.6) is 0 Å². The summed E-state index contributed by atoms with van der Waals surface area (Å²) in [4.78, 5) is 0. The highest BCUT2D eigenvalue weighted by atomic mass is 15.3. The summed E-state index contributed by atoms with van der Waals surface area (Å²) in [5.41, 5.74) is 0. The van der Waals surface area contributed by atoms with Crippen LogP contribution >= 0.6 is 0 Å². The quantitative estimate of drug-likeness (QED) is 0.0520. The Kier molecular flexibility index (Phi) is 33.9. The van der Waals surface area contributed by atoms with E-state index >= 15 is 0 Å². The van der Waals surface area contributed by atoms with Gasteiger partial charge in [0.05, 0.1) is 25.8 Å². The van der Waals surface area contributed by atoms with Gasteiger partial charge in [-0.3, -0.25) is 4.48 Å². The van der Waals surface area contributed by atoms with Crippen molar-refractivity contribution in [3.63, 3.8) is 0 Å². The lowest BCUT2D eigenvalue weighted by molar-refractivity contribution is -0.876. The molecule has 0 aliphatic carbocycles. The summed E-state index contributed by atoms with van der Waals surface area (Å²) >= 11 is 0. The second-order valence-electron chi connectivity index (χ2n) is 13.6. The number of hydrogen-bond donors (Lipinski definition) is 0. The van der Waals surface area contributed by atoms with Crippen molar-refractivity contribution in [1.82, 2.24) is 0 Å². The second kappa shape index (κ2) is 34.2. The standard InChI is InChI=1S/C40H82N/c1-5-9-11-13-15-17-19-21-23-25-27-29-31-33-35-37-39-41(7-3,8-4)40-38-36-34-32-30-28-26-24-22-20-18-16-14-12-10-6-2/h37,39H,5-36,38,40H2,1-4H3/q+1. The first-order chi connectivity index (χ1) is 20.2. The molecule has 0 saturated carbocycles. The van der Waals surface area contributed by atoms with Crippen LogP contribution in [-0.2, 0) is 0 Å². The van der Waals surface area contributed by atoms with Gasteiger partial charge in [0.2, 0.25) is 0 Å². The van der Waals surface area contributed by atoms with Crippen molar-refractivity contribution in [3.8, 4) is 0 Å². The average Bonchev–Trinajstić information content (AvgIpc) is 2.99. The van der Waals surface area contributed by atoms with Crippen molar-refractivity contribution < 1.29 is 4.48 Å². The number of nitrogens with zero attached hydrogens (tertiary/aromatic N) is 1. The predicted molar refractivity (Wildman–Crippen MR) is 190 cm³/mol. The Balaban J connectivity index is 3.58. The predicted octanol–water partition coefficient (Wildman–Crippen LogP) is 14.5. The molecule has 41 heavy (non-hydrogen) atoms. The molecule has 0 heterocycles. The molecule has 0 aromatic rings. The third kappa shape index (κ3) is 29.5. The summed E-state index contributed by atoms with van der Waals surface area (Å²) in [6, 6.07) is 0. The van der Waals surface area contributed by atoms with Crippen LogP contribution in [0, 0.1) is 0 Å². The molecule has 0 aromatic heterocycles. The molecule has 1 nitrogen and oxygen atoms in total. The van der Waals surface area contributed by atoms with Gasteiger partial charge in [-0.15, -0.1) is 0 Å². The van der Waals surface area contributed by atoms with Crippen LogP contribution in [0.15, 0.2) is 12.3 Å². The molecule has 0 amide bonds. The molecule has 0 spiro atoms. The van der Waals surface area contributed by atoms with Crippen LogP contribution in [0.3, 0.4) is 0 Å². The number of unbranched alkanes of at least 4 members (excludes halogenated alkanes) is 29. The molecule has 1 heteroatoms. The number of hydrogen-bond acceptors (Lipinski definition) is 0. The smallest absolute Gasteiger partial charge is 0.0917 e. The SMILES string of the molecule is CCCCCCCCCCCCCCCCC=C[N+](CC)(CC)CCCCCCCCCCCCCCCCCC. The molecule has 0 aromatic carbocycles. The third-order valence-electron chi connectivity index (χ3n) is 9.86. The normalized spacial score (nSPS) is 12.2. The topological polar surface area (TPSA) is 0 Å². The van der Waals surface area contributed by atoms with Gasteiger partial charge in [-0.25, -0.2) is 0 Å². The van der Waals surface area contributed by atoms with Crippen LogP contribution < -0.4 is 0 Å². The molecule has 0 saturated heterocycles. The van der Waals surface area contributed by atoms with E-state index in [1.807, 2.05) is 0 Å². The Bertz CT molecular complexity index is 491. The maximum Gasteiger partial charge on any atom is 0.0917 e. The van der Waals surface area contributed by atoms with Crippen molar-refractivity contribution in [3.05, 3.63) is 12.3 Å². The van der Waals surface area contributed by atoms with Crippen molar-refractivity contribution in [2.24, 2.45) is 0 Å². The van der Waals surface area contributed by atoms with E-state index < -0.39 is 0 Å². The van der Waals surface area contributed by atoms with E-state index in [1.165, 1.54) is 223 Å². The first-order valence-electron chi connectivity index (χ1n) is 19.8. The highest BCUT2D eigenvalue weighted by molar-refractivity contribution is 4.75. The molecule has 0 bridgehead atoms. The van der Waals surface area contributed by atoms with E-state index in [4.69, 9.17) is 0 Å². The lowest BCUT2D eigenvalue weighted by Gasteiger charge is -2.33. The maximum absolute atomic E-state index is 2.58. The summed E-state index contributed by atoms with van der Waals surface area (Å²) in [6.07, 6.45) is 50.0. The maximum atomic E-state index is 2.58. The van der Waals surface area contributed by atoms with Crippen LogP contribution in [0.2, 0.25) is 0 Å². The summed E-state index contributed by atoms with van der Waals surface area (Å²) in [5, 5.41) is 0. The van der Waals surface area contributed by atoms with Gasteiger partial charge in [-0.2, -0.15) is 0 Å². The Morgan fingerprint density at radius 2 is 0.585 bits per heavy atom. The van der Waals surface area contributed by atoms with Crippen molar-refractivity contribution >= 4 is 0 Å². The van der Waals surface area contributed by atoms with E-state index in [-0.39, 0.29) is 0 Å². The molecule has 0 aliphatic rings. The molecule has 0 aliphatic heterocycles. The molecule has 0 atom stereocenters. The van der Waals surface area contributed by atoms with Crippen molar-refractivity contribution in [2.75, 3.05) is 19.6 Å². The van der Waals surface area contributed by atoms with Gasteiger partial charge in [0.1, 0.15) is 0 Å². The monoisotopic (exact) mass is 577 g/mol. The van der Waals surface area contributed by atoms with Crippen molar-refractivity contribution in [2.45, 2.75) is 227 Å². The number of allylic oxidation sites excluding steroid dienone is 1. The molecular weight excluding hydrogens is 494 g/mol. The summed E-state index contributed by atoms with van der Waals surface area (Å²) < 4.78 is 1.21. The van der Waals surface area contributed by atoms with Crippen LogP contribution in [0.25, 0.3) is 0 Å². The minimum Gasteiger partial charge on any atom is -0.298 e. The fourth-order valence-electron chi connectivity index (χ4n) is 6.55. The second-order valence-corrected chi connectivity index (χ2v) is 13.6. The third-order valence-corrected chi connectivity index (χ3v) is 9.86. The van der Waals surface area contributed by atoms with Crippen LogP contribution in [0.1, 0.15) is 227 Å². The van der Waals surface area contributed by atoms with E-state index in [9.17, 15) is 0 Å². The molecular formula is C40H82N+. The van der Waals surface area contributed by atoms with E-state index in [0.717, 1.165) is 0 Å². The average molecular weight is 577 g/mol. The van der Waals surface area contributed by atoms with Crippen LogP contribution in [0.4, 0.5) is 0 Å². The van der Waals surface area contributed by atoms with Crippen molar-refractivity contribution in [1.29, 1.82) is 0 Å². The Hall–Kier alpha value is -0.300. The van der Waals surface area contributed by atoms with E-state index in [0.29, 0.717) is 0 Å². The zero-order valence-electron chi connectivity index (χ0n) is 29.6. The summed E-state index contributed by atoms with van der Waals surface area (Å²) in [5.74, 6) is 0. The fourth-order valence-corrected chi connectivity index (χ4v) is 6.55. The first-order valence-corrected chi connectivity index (χ1v) is 19.8. The van der Waals surface area contributed by atoms with Gasteiger partial charge in [0.25, 0.3) is 0 Å². The van der Waals surface area contributed by atoms with Gasteiger partial charge >= 0.3 is 0 Å². The highest BCUT2D eigenvalue weighted by Crippen LogP contribution is 2.17. The Labute approximate surface area is 262 Å². The zero-order chi connectivity index (χ0) is 30.0. The lowest BCUT2D eigenvalue weighted by Crippen LogP contribution is -2.43. The van der Waals surface area contributed by atoms with Gasteiger partial charge in [-0.05, 0) is 45.6 Å². The lowest BCUT2D eigenvalue weighted by atomic mass is 10.0. The molecule has 0 N–H and O–H groups in total. The highest BCUT2D eigenvalue weighted by Gasteiger charge is 2.19. The Morgan fingerprint density at radius 1 is 0.317 bits per heavy atom.